The molecule has 112 valence electrons. The summed E-state index contributed by atoms with van der Waals surface area (Å²) >= 11 is 7.47. The van der Waals surface area contributed by atoms with Crippen LogP contribution in [-0.2, 0) is 5.75 Å². The standard InChI is InChI=1S/C16H13ClN2O2S/c1-20-14-8-7-13(17)9-12(14)10-22-16-19-18-15(21-16)11-5-3-2-4-6-11/h2-9H,10H2,1H3. The van der Waals surface area contributed by atoms with E-state index >= 15 is 0 Å². The molecular weight excluding hydrogens is 320 g/mol. The third-order valence-corrected chi connectivity index (χ3v) is 4.12. The van der Waals surface area contributed by atoms with E-state index in [2.05, 4.69) is 10.2 Å². The predicted molar refractivity (Wildman–Crippen MR) is 87.3 cm³/mol. The molecule has 0 unspecified atom stereocenters. The minimum absolute atomic E-state index is 0.515. The second-order valence-corrected chi connectivity index (χ2v) is 5.85. The van der Waals surface area contributed by atoms with Gasteiger partial charge in [0.1, 0.15) is 5.75 Å². The van der Waals surface area contributed by atoms with Crippen molar-refractivity contribution in [3.8, 4) is 17.2 Å². The van der Waals surface area contributed by atoms with Gasteiger partial charge in [-0.25, -0.2) is 0 Å². The van der Waals surface area contributed by atoms with Crippen LogP contribution in [0.1, 0.15) is 5.56 Å². The topological polar surface area (TPSA) is 48.2 Å². The Labute approximate surface area is 137 Å². The zero-order chi connectivity index (χ0) is 15.4. The largest absolute Gasteiger partial charge is 0.496 e. The molecule has 1 aromatic heterocycles. The van der Waals surface area contributed by atoms with Crippen LogP contribution in [0, 0.1) is 0 Å². The Morgan fingerprint density at radius 2 is 1.95 bits per heavy atom. The normalized spacial score (nSPS) is 10.6. The molecule has 0 amide bonds. The Kier molecular flexibility index (Phi) is 4.65. The zero-order valence-electron chi connectivity index (χ0n) is 11.8. The number of benzene rings is 2. The molecule has 0 fully saturated rings. The third-order valence-electron chi connectivity index (χ3n) is 3.02. The minimum Gasteiger partial charge on any atom is -0.496 e. The summed E-state index contributed by atoms with van der Waals surface area (Å²) in [4.78, 5) is 0. The van der Waals surface area contributed by atoms with Gasteiger partial charge in [-0.3, -0.25) is 0 Å². The molecule has 0 atom stereocenters. The van der Waals surface area contributed by atoms with Crippen molar-refractivity contribution in [3.63, 3.8) is 0 Å². The molecular formula is C16H13ClN2O2S. The van der Waals surface area contributed by atoms with Crippen LogP contribution in [0.5, 0.6) is 5.75 Å². The van der Waals surface area contributed by atoms with Crippen molar-refractivity contribution < 1.29 is 9.15 Å². The number of thioether (sulfide) groups is 1. The number of rotatable bonds is 5. The number of hydrogen-bond donors (Lipinski definition) is 0. The summed E-state index contributed by atoms with van der Waals surface area (Å²) in [5.41, 5.74) is 1.89. The third kappa shape index (κ3) is 3.43. The second kappa shape index (κ2) is 6.85. The maximum absolute atomic E-state index is 6.02. The molecule has 3 aromatic rings. The molecule has 4 nitrogen and oxygen atoms in total. The van der Waals surface area contributed by atoms with Gasteiger partial charge in [-0.15, -0.1) is 10.2 Å². The second-order valence-electron chi connectivity index (χ2n) is 4.48. The number of ether oxygens (including phenoxy) is 1. The van der Waals surface area contributed by atoms with Gasteiger partial charge in [0.05, 0.1) is 7.11 Å². The Balaban J connectivity index is 1.73. The molecule has 6 heteroatoms. The van der Waals surface area contributed by atoms with E-state index in [9.17, 15) is 0 Å². The van der Waals surface area contributed by atoms with E-state index in [4.69, 9.17) is 20.8 Å². The predicted octanol–water partition coefficient (Wildman–Crippen LogP) is 4.69. The monoisotopic (exact) mass is 332 g/mol. The molecule has 3 rings (SSSR count). The Hall–Kier alpha value is -1.98. The molecule has 0 bridgehead atoms. The molecule has 0 saturated heterocycles. The van der Waals surface area contributed by atoms with Gasteiger partial charge < -0.3 is 9.15 Å². The van der Waals surface area contributed by atoms with Gasteiger partial charge in [0.2, 0.25) is 5.89 Å². The number of methoxy groups -OCH3 is 1. The van der Waals surface area contributed by atoms with Crippen molar-refractivity contribution in [2.75, 3.05) is 7.11 Å². The summed E-state index contributed by atoms with van der Waals surface area (Å²) in [6.07, 6.45) is 0. The molecule has 1 heterocycles. The summed E-state index contributed by atoms with van der Waals surface area (Å²) in [6.45, 7) is 0. The van der Waals surface area contributed by atoms with Gasteiger partial charge in [-0.1, -0.05) is 41.6 Å². The van der Waals surface area contributed by atoms with Crippen molar-refractivity contribution in [3.05, 3.63) is 59.1 Å². The highest BCUT2D eigenvalue weighted by Gasteiger charge is 2.11. The summed E-state index contributed by atoms with van der Waals surface area (Å²) in [6, 6.07) is 15.2. The van der Waals surface area contributed by atoms with Crippen LogP contribution in [0.3, 0.4) is 0 Å². The van der Waals surface area contributed by atoms with Crippen LogP contribution in [0.15, 0.2) is 58.2 Å². The number of nitrogens with zero attached hydrogens (tertiary/aromatic N) is 2. The summed E-state index contributed by atoms with van der Waals surface area (Å²) in [5, 5.41) is 9.31. The smallest absolute Gasteiger partial charge is 0.277 e. The number of aromatic nitrogens is 2. The van der Waals surface area contributed by atoms with E-state index in [1.54, 1.807) is 13.2 Å². The fraction of sp³-hybridized carbons (Fsp3) is 0.125. The van der Waals surface area contributed by atoms with E-state index in [0.717, 1.165) is 16.9 Å². The number of halogens is 1. The van der Waals surface area contributed by atoms with Gasteiger partial charge in [-0.05, 0) is 30.3 Å². The van der Waals surface area contributed by atoms with Crippen LogP contribution >= 0.6 is 23.4 Å². The first-order valence-electron chi connectivity index (χ1n) is 6.60. The highest BCUT2D eigenvalue weighted by Crippen LogP contribution is 2.30. The lowest BCUT2D eigenvalue weighted by Crippen LogP contribution is -1.90. The fourth-order valence-corrected chi connectivity index (χ4v) is 2.90. The maximum atomic E-state index is 6.02. The zero-order valence-corrected chi connectivity index (χ0v) is 13.4. The summed E-state index contributed by atoms with van der Waals surface area (Å²) < 4.78 is 11.0. The minimum atomic E-state index is 0.515. The van der Waals surface area contributed by atoms with Crippen molar-refractivity contribution >= 4 is 23.4 Å². The van der Waals surface area contributed by atoms with E-state index in [-0.39, 0.29) is 0 Å². The molecule has 0 aliphatic rings. The lowest BCUT2D eigenvalue weighted by molar-refractivity contribution is 0.411. The van der Waals surface area contributed by atoms with Crippen LogP contribution in [0.4, 0.5) is 0 Å². The van der Waals surface area contributed by atoms with Gasteiger partial charge in [-0.2, -0.15) is 0 Å². The van der Waals surface area contributed by atoms with E-state index < -0.39 is 0 Å². The fourth-order valence-electron chi connectivity index (χ4n) is 1.96. The highest BCUT2D eigenvalue weighted by molar-refractivity contribution is 7.98. The Morgan fingerprint density at radius 3 is 2.73 bits per heavy atom. The molecule has 0 spiro atoms. The first-order chi connectivity index (χ1) is 10.8. The van der Waals surface area contributed by atoms with Gasteiger partial charge in [0.15, 0.2) is 0 Å². The number of hydrogen-bond acceptors (Lipinski definition) is 5. The molecule has 0 aliphatic carbocycles. The van der Waals surface area contributed by atoms with Crippen molar-refractivity contribution in [2.24, 2.45) is 0 Å². The molecule has 0 saturated carbocycles. The van der Waals surface area contributed by atoms with Gasteiger partial charge in [0, 0.05) is 21.9 Å². The van der Waals surface area contributed by atoms with Gasteiger partial charge in [0.25, 0.3) is 5.22 Å². The Bertz CT molecular complexity index is 762. The van der Waals surface area contributed by atoms with Crippen LogP contribution in [0.25, 0.3) is 11.5 Å². The molecule has 0 aliphatic heterocycles. The SMILES string of the molecule is COc1ccc(Cl)cc1CSc1nnc(-c2ccccc2)o1. The first-order valence-corrected chi connectivity index (χ1v) is 7.97. The van der Waals surface area contributed by atoms with E-state index in [1.807, 2.05) is 42.5 Å². The van der Waals surface area contributed by atoms with Gasteiger partial charge >= 0.3 is 0 Å². The Morgan fingerprint density at radius 1 is 1.14 bits per heavy atom. The van der Waals surface area contributed by atoms with Crippen molar-refractivity contribution in [1.29, 1.82) is 0 Å². The maximum Gasteiger partial charge on any atom is 0.277 e. The first kappa shape index (κ1) is 14.9. The van der Waals surface area contributed by atoms with Crippen LogP contribution < -0.4 is 4.74 Å². The van der Waals surface area contributed by atoms with Crippen LogP contribution in [0.2, 0.25) is 5.02 Å². The highest BCUT2D eigenvalue weighted by atomic mass is 35.5. The van der Waals surface area contributed by atoms with E-state index in [1.165, 1.54) is 11.8 Å². The average molecular weight is 333 g/mol. The van der Waals surface area contributed by atoms with Crippen molar-refractivity contribution in [1.82, 2.24) is 10.2 Å². The quantitative estimate of drug-likeness (QED) is 0.634. The lowest BCUT2D eigenvalue weighted by atomic mass is 10.2. The molecule has 0 radical (unpaired) electrons. The molecule has 0 N–H and O–H groups in total. The lowest BCUT2D eigenvalue weighted by Gasteiger charge is -2.07. The molecule has 2 aromatic carbocycles. The summed E-state index contributed by atoms with van der Waals surface area (Å²) in [7, 11) is 1.64. The van der Waals surface area contributed by atoms with Crippen LogP contribution in [-0.4, -0.2) is 17.3 Å². The summed E-state index contributed by atoms with van der Waals surface area (Å²) in [5.74, 6) is 1.95. The average Bonchev–Trinajstić information content (AvgIpc) is 3.03. The van der Waals surface area contributed by atoms with Crippen molar-refractivity contribution in [2.45, 2.75) is 11.0 Å². The molecule has 22 heavy (non-hydrogen) atoms. The van der Waals surface area contributed by atoms with E-state index in [0.29, 0.717) is 21.9 Å².